The van der Waals surface area contributed by atoms with Crippen molar-refractivity contribution in [2.75, 3.05) is 11.9 Å². The molecule has 1 saturated heterocycles. The van der Waals surface area contributed by atoms with E-state index in [0.29, 0.717) is 24.0 Å². The van der Waals surface area contributed by atoms with Gasteiger partial charge in [-0.25, -0.2) is 4.79 Å². The van der Waals surface area contributed by atoms with Crippen LogP contribution in [0.4, 0.5) is 10.5 Å². The molecule has 1 aliphatic heterocycles. The first-order chi connectivity index (χ1) is 9.72. The summed E-state index contributed by atoms with van der Waals surface area (Å²) in [6.07, 6.45) is 3.61. The van der Waals surface area contributed by atoms with Crippen LogP contribution in [0.1, 0.15) is 18.4 Å². The molecule has 1 aromatic rings. The number of para-hydroxylation sites is 1. The second kappa shape index (κ2) is 4.48. The van der Waals surface area contributed by atoms with Gasteiger partial charge in [0.05, 0.1) is 12.2 Å². The van der Waals surface area contributed by atoms with Crippen molar-refractivity contribution in [1.29, 1.82) is 0 Å². The molecule has 4 heteroatoms. The standard InChI is InChI=1S/C16H20N2O2/c1-9-4-2-3-5-13(9)18-16(19)17-8-11-6-10-7-12(11)15-14(10)20-15/h2-5,10-12,14-15H,6-8H2,1H3,(H2,17,18,19). The monoisotopic (exact) mass is 272 g/mol. The molecule has 2 amide bonds. The number of benzene rings is 1. The third-order valence-corrected chi connectivity index (χ3v) is 5.15. The Bertz CT molecular complexity index is 545. The van der Waals surface area contributed by atoms with Gasteiger partial charge < -0.3 is 15.4 Å². The number of nitrogens with one attached hydrogen (secondary N) is 2. The Morgan fingerprint density at radius 1 is 1.30 bits per heavy atom. The lowest BCUT2D eigenvalue weighted by molar-refractivity contribution is 0.238. The average Bonchev–Trinajstić information content (AvgIpc) is 3.05. The van der Waals surface area contributed by atoms with E-state index < -0.39 is 0 Å². The summed E-state index contributed by atoms with van der Waals surface area (Å²) >= 11 is 0. The number of amides is 2. The van der Waals surface area contributed by atoms with Crippen LogP contribution in [-0.4, -0.2) is 24.8 Å². The molecule has 1 heterocycles. The smallest absolute Gasteiger partial charge is 0.319 e. The fourth-order valence-corrected chi connectivity index (χ4v) is 4.07. The van der Waals surface area contributed by atoms with Gasteiger partial charge in [-0.3, -0.25) is 0 Å². The first-order valence-electron chi connectivity index (χ1n) is 7.48. The predicted molar refractivity (Wildman–Crippen MR) is 76.6 cm³/mol. The molecular formula is C16H20N2O2. The van der Waals surface area contributed by atoms with Crippen LogP contribution in [0.5, 0.6) is 0 Å². The Labute approximate surface area is 118 Å². The molecule has 5 atom stereocenters. The molecule has 20 heavy (non-hydrogen) atoms. The highest BCUT2D eigenvalue weighted by atomic mass is 16.6. The maximum atomic E-state index is 12.0. The molecule has 2 aliphatic carbocycles. The highest BCUT2D eigenvalue weighted by Gasteiger charge is 2.62. The maximum Gasteiger partial charge on any atom is 0.319 e. The number of ether oxygens (including phenoxy) is 1. The van der Waals surface area contributed by atoms with Crippen LogP contribution < -0.4 is 10.6 Å². The summed E-state index contributed by atoms with van der Waals surface area (Å²) in [5.41, 5.74) is 1.96. The molecule has 1 aromatic carbocycles. The van der Waals surface area contributed by atoms with Gasteiger partial charge >= 0.3 is 6.03 Å². The summed E-state index contributed by atoms with van der Waals surface area (Å²) in [4.78, 5) is 12.0. The van der Waals surface area contributed by atoms with Crippen molar-refractivity contribution in [3.8, 4) is 0 Å². The van der Waals surface area contributed by atoms with Crippen LogP contribution in [0.15, 0.2) is 24.3 Å². The number of rotatable bonds is 3. The summed E-state index contributed by atoms with van der Waals surface area (Å²) in [6.45, 7) is 2.77. The van der Waals surface area contributed by atoms with Crippen molar-refractivity contribution < 1.29 is 9.53 Å². The molecule has 2 bridgehead atoms. The van der Waals surface area contributed by atoms with Crippen LogP contribution >= 0.6 is 0 Å². The Kier molecular flexibility index (Phi) is 2.74. The van der Waals surface area contributed by atoms with E-state index in [-0.39, 0.29) is 6.03 Å². The second-order valence-electron chi connectivity index (χ2n) is 6.37. The van der Waals surface area contributed by atoms with Gasteiger partial charge in [0.1, 0.15) is 0 Å². The first kappa shape index (κ1) is 12.2. The normalized spacial score (nSPS) is 36.5. The van der Waals surface area contributed by atoms with E-state index >= 15 is 0 Å². The van der Waals surface area contributed by atoms with Gasteiger partial charge in [-0.2, -0.15) is 0 Å². The highest BCUT2D eigenvalue weighted by Crippen LogP contribution is 2.58. The topological polar surface area (TPSA) is 53.7 Å². The summed E-state index contributed by atoms with van der Waals surface area (Å²) in [5, 5.41) is 5.94. The van der Waals surface area contributed by atoms with Crippen LogP contribution in [0.2, 0.25) is 0 Å². The van der Waals surface area contributed by atoms with Crippen molar-refractivity contribution in [1.82, 2.24) is 5.32 Å². The molecule has 2 saturated carbocycles. The summed E-state index contributed by atoms with van der Waals surface area (Å²) in [7, 11) is 0. The fourth-order valence-electron chi connectivity index (χ4n) is 4.07. The zero-order valence-corrected chi connectivity index (χ0v) is 11.6. The van der Waals surface area contributed by atoms with E-state index in [1.165, 1.54) is 12.8 Å². The minimum absolute atomic E-state index is 0.102. The van der Waals surface area contributed by atoms with Crippen molar-refractivity contribution in [3.63, 3.8) is 0 Å². The van der Waals surface area contributed by atoms with Crippen molar-refractivity contribution in [2.45, 2.75) is 32.0 Å². The van der Waals surface area contributed by atoms with Gasteiger partial charge in [0.15, 0.2) is 0 Å². The van der Waals surface area contributed by atoms with Gasteiger partial charge in [0.2, 0.25) is 0 Å². The van der Waals surface area contributed by atoms with E-state index in [1.807, 2.05) is 31.2 Å². The molecule has 4 nitrogen and oxygen atoms in total. The molecule has 3 fully saturated rings. The molecule has 3 aliphatic rings. The molecule has 2 N–H and O–H groups in total. The SMILES string of the molecule is Cc1ccccc1NC(=O)NCC1CC2CC1C1OC21. The zero-order chi connectivity index (χ0) is 13.7. The first-order valence-corrected chi connectivity index (χ1v) is 7.48. The zero-order valence-electron chi connectivity index (χ0n) is 11.6. The highest BCUT2D eigenvalue weighted by molar-refractivity contribution is 5.89. The van der Waals surface area contributed by atoms with E-state index in [9.17, 15) is 4.79 Å². The summed E-state index contributed by atoms with van der Waals surface area (Å²) < 4.78 is 5.66. The van der Waals surface area contributed by atoms with Crippen molar-refractivity contribution in [2.24, 2.45) is 17.8 Å². The van der Waals surface area contributed by atoms with E-state index in [2.05, 4.69) is 10.6 Å². The average molecular weight is 272 g/mol. The van der Waals surface area contributed by atoms with Crippen molar-refractivity contribution >= 4 is 11.7 Å². The lowest BCUT2D eigenvalue weighted by Gasteiger charge is -2.20. The molecule has 5 unspecified atom stereocenters. The number of anilines is 1. The number of hydrogen-bond donors (Lipinski definition) is 2. The van der Waals surface area contributed by atoms with E-state index in [4.69, 9.17) is 4.74 Å². The fraction of sp³-hybridized carbons (Fsp3) is 0.562. The summed E-state index contributed by atoms with van der Waals surface area (Å²) in [6, 6.07) is 7.73. The molecule has 0 aromatic heterocycles. The molecule has 0 spiro atoms. The Morgan fingerprint density at radius 2 is 2.15 bits per heavy atom. The number of fused-ring (bicyclic) bond motifs is 5. The maximum absolute atomic E-state index is 12.0. The third-order valence-electron chi connectivity index (χ3n) is 5.15. The number of aryl methyl sites for hydroxylation is 1. The second-order valence-corrected chi connectivity index (χ2v) is 6.37. The van der Waals surface area contributed by atoms with Gasteiger partial charge in [0.25, 0.3) is 0 Å². The number of epoxide rings is 1. The van der Waals surface area contributed by atoms with Crippen LogP contribution in [0, 0.1) is 24.7 Å². The Morgan fingerprint density at radius 3 is 2.90 bits per heavy atom. The number of carbonyl (C=O) groups is 1. The third kappa shape index (κ3) is 1.99. The molecular weight excluding hydrogens is 252 g/mol. The van der Waals surface area contributed by atoms with E-state index in [1.54, 1.807) is 0 Å². The Hall–Kier alpha value is -1.55. The van der Waals surface area contributed by atoms with E-state index in [0.717, 1.165) is 23.7 Å². The van der Waals surface area contributed by atoms with Crippen LogP contribution in [0.25, 0.3) is 0 Å². The van der Waals surface area contributed by atoms with Gasteiger partial charge in [-0.15, -0.1) is 0 Å². The van der Waals surface area contributed by atoms with Gasteiger partial charge in [-0.05, 0) is 49.1 Å². The summed E-state index contributed by atoms with van der Waals surface area (Å²) in [5.74, 6) is 2.05. The minimum atomic E-state index is -0.102. The number of hydrogen-bond acceptors (Lipinski definition) is 2. The largest absolute Gasteiger partial charge is 0.369 e. The Balaban J connectivity index is 1.30. The molecule has 0 radical (unpaired) electrons. The quantitative estimate of drug-likeness (QED) is 0.831. The lowest BCUT2D eigenvalue weighted by Crippen LogP contribution is -2.36. The molecule has 106 valence electrons. The van der Waals surface area contributed by atoms with Crippen LogP contribution in [-0.2, 0) is 4.74 Å². The van der Waals surface area contributed by atoms with Gasteiger partial charge in [0, 0.05) is 12.2 Å². The van der Waals surface area contributed by atoms with Crippen molar-refractivity contribution in [3.05, 3.63) is 29.8 Å². The van der Waals surface area contributed by atoms with Crippen LogP contribution in [0.3, 0.4) is 0 Å². The lowest BCUT2D eigenvalue weighted by atomic mass is 9.89. The predicted octanol–water partition coefficient (Wildman–Crippen LogP) is 2.54. The number of urea groups is 1. The minimum Gasteiger partial charge on any atom is -0.369 e. The number of carbonyl (C=O) groups excluding carboxylic acids is 1. The molecule has 4 rings (SSSR count). The van der Waals surface area contributed by atoms with Gasteiger partial charge in [-0.1, -0.05) is 18.2 Å².